The van der Waals surface area contributed by atoms with Crippen LogP contribution in [-0.2, 0) is 18.3 Å². The molecular formula is C16H18N2O2. The van der Waals surface area contributed by atoms with Crippen molar-refractivity contribution in [2.75, 3.05) is 7.05 Å². The minimum atomic E-state index is -0.0292. The number of Topliss-reactive ketones (excluding diaryl/α,β-unsaturated/α-hetero) is 1. The highest BCUT2D eigenvalue weighted by Gasteiger charge is 2.14. The first kappa shape index (κ1) is 14.1. The average Bonchev–Trinajstić information content (AvgIpc) is 2.81. The standard InChI is InChI=1S/C16H18N2O2/c1-11(19)14-8-9-15(18(14)3)13-7-5-4-6-12(13)10-16(20)17-2/h4-9H,10H2,1-3H3,(H,17,20). The molecule has 0 saturated carbocycles. The van der Waals surface area contributed by atoms with E-state index in [2.05, 4.69) is 5.32 Å². The summed E-state index contributed by atoms with van der Waals surface area (Å²) in [6.45, 7) is 1.55. The summed E-state index contributed by atoms with van der Waals surface area (Å²) in [6.07, 6.45) is 0.327. The maximum absolute atomic E-state index is 11.6. The maximum atomic E-state index is 11.6. The van der Waals surface area contributed by atoms with Gasteiger partial charge in [0, 0.05) is 32.3 Å². The zero-order chi connectivity index (χ0) is 14.7. The van der Waals surface area contributed by atoms with E-state index in [4.69, 9.17) is 0 Å². The second-order valence-corrected chi connectivity index (χ2v) is 4.73. The Morgan fingerprint density at radius 1 is 1.15 bits per heavy atom. The third-order valence-electron chi connectivity index (χ3n) is 3.41. The number of hydrogen-bond donors (Lipinski definition) is 1. The summed E-state index contributed by atoms with van der Waals surface area (Å²) in [5.41, 5.74) is 3.53. The summed E-state index contributed by atoms with van der Waals surface area (Å²) in [5.74, 6) is 0.000910. The van der Waals surface area contributed by atoms with Crippen molar-refractivity contribution in [3.8, 4) is 11.3 Å². The lowest BCUT2D eigenvalue weighted by molar-refractivity contribution is -0.119. The van der Waals surface area contributed by atoms with Crippen molar-refractivity contribution in [3.05, 3.63) is 47.7 Å². The molecule has 4 heteroatoms. The van der Waals surface area contributed by atoms with Crippen LogP contribution in [0.15, 0.2) is 36.4 Å². The molecule has 0 aliphatic carbocycles. The molecule has 0 fully saturated rings. The number of nitrogens with zero attached hydrogens (tertiary/aromatic N) is 1. The van der Waals surface area contributed by atoms with Crippen LogP contribution >= 0.6 is 0 Å². The molecule has 0 bridgehead atoms. The smallest absolute Gasteiger partial charge is 0.224 e. The topological polar surface area (TPSA) is 51.1 Å². The number of hydrogen-bond acceptors (Lipinski definition) is 2. The predicted octanol–water partition coefficient (Wildman–Crippen LogP) is 2.18. The Labute approximate surface area is 118 Å². The van der Waals surface area contributed by atoms with Gasteiger partial charge in [0.05, 0.1) is 12.1 Å². The van der Waals surface area contributed by atoms with Gasteiger partial charge in [0.25, 0.3) is 0 Å². The van der Waals surface area contributed by atoms with Gasteiger partial charge in [0.1, 0.15) is 0 Å². The van der Waals surface area contributed by atoms with E-state index in [1.54, 1.807) is 14.0 Å². The molecule has 2 rings (SSSR count). The van der Waals surface area contributed by atoms with Crippen LogP contribution in [0.2, 0.25) is 0 Å². The van der Waals surface area contributed by atoms with Crippen LogP contribution in [0, 0.1) is 0 Å². The SMILES string of the molecule is CNC(=O)Cc1ccccc1-c1ccc(C(C)=O)n1C. The van der Waals surface area contributed by atoms with Crippen LogP contribution in [0.25, 0.3) is 11.3 Å². The van der Waals surface area contributed by atoms with Gasteiger partial charge in [0.2, 0.25) is 5.91 Å². The van der Waals surface area contributed by atoms with Crippen molar-refractivity contribution in [2.24, 2.45) is 7.05 Å². The molecule has 0 aliphatic rings. The van der Waals surface area contributed by atoms with Crippen molar-refractivity contribution in [2.45, 2.75) is 13.3 Å². The highest BCUT2D eigenvalue weighted by Crippen LogP contribution is 2.26. The van der Waals surface area contributed by atoms with Crippen LogP contribution in [0.3, 0.4) is 0 Å². The van der Waals surface area contributed by atoms with Gasteiger partial charge in [-0.05, 0) is 17.7 Å². The lowest BCUT2D eigenvalue weighted by Crippen LogP contribution is -2.20. The van der Waals surface area contributed by atoms with Crippen LogP contribution in [0.5, 0.6) is 0 Å². The lowest BCUT2D eigenvalue weighted by Gasteiger charge is -2.11. The van der Waals surface area contributed by atoms with Crippen LogP contribution in [0.4, 0.5) is 0 Å². The van der Waals surface area contributed by atoms with E-state index in [-0.39, 0.29) is 11.7 Å². The first-order valence-corrected chi connectivity index (χ1v) is 6.50. The maximum Gasteiger partial charge on any atom is 0.224 e. The number of aromatic nitrogens is 1. The molecule has 0 aliphatic heterocycles. The number of rotatable bonds is 4. The fourth-order valence-electron chi connectivity index (χ4n) is 2.32. The Morgan fingerprint density at radius 2 is 1.85 bits per heavy atom. The molecular weight excluding hydrogens is 252 g/mol. The van der Waals surface area contributed by atoms with Crippen LogP contribution in [0.1, 0.15) is 23.0 Å². The van der Waals surface area contributed by atoms with Crippen LogP contribution in [-0.4, -0.2) is 23.3 Å². The van der Waals surface area contributed by atoms with E-state index >= 15 is 0 Å². The molecule has 0 radical (unpaired) electrons. The number of ketones is 1. The summed E-state index contributed by atoms with van der Waals surface area (Å²) < 4.78 is 1.87. The summed E-state index contributed by atoms with van der Waals surface area (Å²) in [7, 11) is 3.49. The number of nitrogens with one attached hydrogen (secondary N) is 1. The van der Waals surface area contributed by atoms with Gasteiger partial charge in [-0.15, -0.1) is 0 Å². The van der Waals surface area contributed by atoms with E-state index in [9.17, 15) is 9.59 Å². The molecule has 0 saturated heterocycles. The zero-order valence-electron chi connectivity index (χ0n) is 11.9. The highest BCUT2D eigenvalue weighted by atomic mass is 16.1. The van der Waals surface area contributed by atoms with Crippen molar-refractivity contribution in [1.29, 1.82) is 0 Å². The van der Waals surface area contributed by atoms with Gasteiger partial charge in [-0.2, -0.15) is 0 Å². The zero-order valence-corrected chi connectivity index (χ0v) is 11.9. The van der Waals surface area contributed by atoms with E-state index in [0.29, 0.717) is 12.1 Å². The van der Waals surface area contributed by atoms with Crippen molar-refractivity contribution in [3.63, 3.8) is 0 Å². The molecule has 1 aromatic heterocycles. The van der Waals surface area contributed by atoms with E-state index in [1.165, 1.54) is 0 Å². The molecule has 20 heavy (non-hydrogen) atoms. The van der Waals surface area contributed by atoms with Gasteiger partial charge < -0.3 is 9.88 Å². The third-order valence-corrected chi connectivity index (χ3v) is 3.41. The average molecular weight is 270 g/mol. The third kappa shape index (κ3) is 2.64. The second kappa shape index (κ2) is 5.74. The highest BCUT2D eigenvalue weighted by molar-refractivity contribution is 5.94. The number of carbonyl (C=O) groups is 2. The predicted molar refractivity (Wildman–Crippen MR) is 78.6 cm³/mol. The van der Waals surface area contributed by atoms with Gasteiger partial charge in [-0.3, -0.25) is 9.59 Å². The van der Waals surface area contributed by atoms with E-state index in [0.717, 1.165) is 16.8 Å². The summed E-state index contributed by atoms with van der Waals surface area (Å²) >= 11 is 0. The Hall–Kier alpha value is -2.36. The Morgan fingerprint density at radius 3 is 2.45 bits per heavy atom. The van der Waals surface area contributed by atoms with Gasteiger partial charge in [-0.25, -0.2) is 0 Å². The number of amides is 1. The summed E-state index contributed by atoms with van der Waals surface area (Å²) in [6, 6.07) is 11.5. The number of likely N-dealkylation sites (N-methyl/N-ethyl adjacent to an activating group) is 1. The van der Waals surface area contributed by atoms with E-state index < -0.39 is 0 Å². The monoisotopic (exact) mass is 270 g/mol. The Kier molecular flexibility index (Phi) is 4.03. The lowest BCUT2D eigenvalue weighted by atomic mass is 10.0. The van der Waals surface area contributed by atoms with Gasteiger partial charge >= 0.3 is 0 Å². The van der Waals surface area contributed by atoms with Crippen molar-refractivity contribution < 1.29 is 9.59 Å². The van der Waals surface area contributed by atoms with Crippen molar-refractivity contribution >= 4 is 11.7 Å². The fraction of sp³-hybridized carbons (Fsp3) is 0.250. The largest absolute Gasteiger partial charge is 0.359 e. The quantitative estimate of drug-likeness (QED) is 0.866. The van der Waals surface area contributed by atoms with E-state index in [1.807, 2.05) is 48.0 Å². The first-order valence-electron chi connectivity index (χ1n) is 6.50. The molecule has 104 valence electrons. The molecule has 0 spiro atoms. The second-order valence-electron chi connectivity index (χ2n) is 4.73. The van der Waals surface area contributed by atoms with Crippen molar-refractivity contribution in [1.82, 2.24) is 9.88 Å². The van der Waals surface area contributed by atoms with Gasteiger partial charge in [-0.1, -0.05) is 24.3 Å². The number of benzene rings is 1. The normalized spacial score (nSPS) is 10.3. The first-order chi connectivity index (χ1) is 9.54. The molecule has 1 amide bonds. The van der Waals surface area contributed by atoms with Crippen LogP contribution < -0.4 is 5.32 Å². The molecule has 0 unspecified atom stereocenters. The minimum absolute atomic E-state index is 0.0292. The fourth-order valence-corrected chi connectivity index (χ4v) is 2.32. The molecule has 1 N–H and O–H groups in total. The number of carbonyl (C=O) groups excluding carboxylic acids is 2. The van der Waals surface area contributed by atoms with Gasteiger partial charge in [0.15, 0.2) is 5.78 Å². The molecule has 1 heterocycles. The molecule has 2 aromatic rings. The molecule has 1 aromatic carbocycles. The molecule has 4 nitrogen and oxygen atoms in total. The summed E-state index contributed by atoms with van der Waals surface area (Å²) in [5, 5.41) is 2.63. The Bertz CT molecular complexity index is 656. The summed E-state index contributed by atoms with van der Waals surface area (Å²) in [4.78, 5) is 23.1. The molecule has 0 atom stereocenters. The Balaban J connectivity index is 2.48. The minimum Gasteiger partial charge on any atom is -0.359 e.